The summed E-state index contributed by atoms with van der Waals surface area (Å²) in [5.41, 5.74) is 1.29. The molecule has 2 aromatic rings. The zero-order valence-electron chi connectivity index (χ0n) is 7.48. The Morgan fingerprint density at radius 2 is 1.86 bits per heavy atom. The van der Waals surface area contributed by atoms with Crippen LogP contribution in [0.3, 0.4) is 0 Å². The lowest BCUT2D eigenvalue weighted by Gasteiger charge is -1.96. The van der Waals surface area contributed by atoms with Gasteiger partial charge in [0, 0.05) is 29.0 Å². The minimum Gasteiger partial charge on any atom is -0.416 e. The van der Waals surface area contributed by atoms with Crippen LogP contribution in [0.5, 0.6) is 0 Å². The van der Waals surface area contributed by atoms with E-state index in [0.717, 1.165) is 12.8 Å². The van der Waals surface area contributed by atoms with Crippen LogP contribution in [0, 0.1) is 3.90 Å². The maximum Gasteiger partial charge on any atom is 0.278 e. The molecule has 1 heterocycles. The van der Waals surface area contributed by atoms with Crippen molar-refractivity contribution in [1.29, 1.82) is 0 Å². The third-order valence-electron chi connectivity index (χ3n) is 1.91. The summed E-state index contributed by atoms with van der Waals surface area (Å²) in [5, 5.41) is 7.71. The highest BCUT2D eigenvalue weighted by Gasteiger charge is 2.02. The van der Waals surface area contributed by atoms with Gasteiger partial charge in [-0.15, -0.1) is 10.2 Å². The van der Waals surface area contributed by atoms with E-state index in [1.165, 1.54) is 5.56 Å². The van der Waals surface area contributed by atoms with E-state index in [4.69, 9.17) is 4.42 Å². The molecule has 2 rings (SSSR count). The second kappa shape index (κ2) is 4.54. The summed E-state index contributed by atoms with van der Waals surface area (Å²) in [6.07, 6.45) is 1.75. The largest absolute Gasteiger partial charge is 0.416 e. The number of benzene rings is 1. The molecule has 0 bridgehead atoms. The van der Waals surface area contributed by atoms with Gasteiger partial charge in [0.25, 0.3) is 3.90 Å². The second-order valence-electron chi connectivity index (χ2n) is 2.93. The fourth-order valence-corrected chi connectivity index (χ4v) is 1.59. The number of halogens is 1. The first-order chi connectivity index (χ1) is 6.84. The summed E-state index contributed by atoms with van der Waals surface area (Å²) >= 11 is 2.01. The fraction of sp³-hybridized carbons (Fsp3) is 0.200. The summed E-state index contributed by atoms with van der Waals surface area (Å²) < 4.78 is 5.87. The summed E-state index contributed by atoms with van der Waals surface area (Å²) in [6.45, 7) is 0. The Kier molecular flexibility index (Phi) is 3.13. The highest BCUT2D eigenvalue weighted by Crippen LogP contribution is 2.07. The number of aromatic nitrogens is 2. The molecule has 0 aliphatic heterocycles. The van der Waals surface area contributed by atoms with Gasteiger partial charge >= 0.3 is 0 Å². The number of nitrogens with zero attached hydrogens (tertiary/aromatic N) is 2. The van der Waals surface area contributed by atoms with E-state index in [0.29, 0.717) is 9.79 Å². The minimum absolute atomic E-state index is 0.602. The molecule has 0 saturated carbocycles. The highest BCUT2D eigenvalue weighted by molar-refractivity contribution is 14.1. The summed E-state index contributed by atoms with van der Waals surface area (Å²) in [4.78, 5) is 0. The van der Waals surface area contributed by atoms with Crippen molar-refractivity contribution in [2.24, 2.45) is 0 Å². The van der Waals surface area contributed by atoms with Crippen molar-refractivity contribution in [2.75, 3.05) is 0 Å². The van der Waals surface area contributed by atoms with Crippen LogP contribution in [0.25, 0.3) is 0 Å². The topological polar surface area (TPSA) is 38.9 Å². The maximum absolute atomic E-state index is 5.27. The van der Waals surface area contributed by atoms with Crippen molar-refractivity contribution in [3.05, 3.63) is 45.7 Å². The van der Waals surface area contributed by atoms with Crippen molar-refractivity contribution in [2.45, 2.75) is 12.8 Å². The number of hydrogen-bond acceptors (Lipinski definition) is 3. The van der Waals surface area contributed by atoms with Crippen LogP contribution in [0.15, 0.2) is 34.7 Å². The van der Waals surface area contributed by atoms with Gasteiger partial charge in [0.1, 0.15) is 0 Å². The smallest absolute Gasteiger partial charge is 0.278 e. The Hall–Kier alpha value is -0.910. The molecule has 0 atom stereocenters. The Morgan fingerprint density at radius 3 is 2.50 bits per heavy atom. The Morgan fingerprint density at radius 1 is 1.07 bits per heavy atom. The van der Waals surface area contributed by atoms with Crippen molar-refractivity contribution in [1.82, 2.24) is 10.2 Å². The van der Waals surface area contributed by atoms with E-state index in [1.54, 1.807) is 0 Å². The molecule has 0 aliphatic rings. The molecule has 3 nitrogen and oxygen atoms in total. The van der Waals surface area contributed by atoms with Gasteiger partial charge in [-0.05, 0) is 12.0 Å². The van der Waals surface area contributed by atoms with E-state index >= 15 is 0 Å². The molecule has 0 fully saturated rings. The molecule has 0 spiro atoms. The zero-order chi connectivity index (χ0) is 9.80. The van der Waals surface area contributed by atoms with Gasteiger partial charge in [0.2, 0.25) is 5.89 Å². The van der Waals surface area contributed by atoms with Crippen molar-refractivity contribution in [3.63, 3.8) is 0 Å². The van der Waals surface area contributed by atoms with E-state index in [-0.39, 0.29) is 0 Å². The number of rotatable bonds is 3. The Bertz CT molecular complexity index is 400. The molecule has 0 N–H and O–H groups in total. The average Bonchev–Trinajstić information content (AvgIpc) is 2.63. The standard InChI is InChI=1S/C10H9IN2O/c11-10-13-12-9(14-10)7-6-8-4-2-1-3-5-8/h1-5H,6-7H2. The van der Waals surface area contributed by atoms with Gasteiger partial charge in [0.15, 0.2) is 0 Å². The second-order valence-corrected chi connectivity index (χ2v) is 3.86. The van der Waals surface area contributed by atoms with Crippen LogP contribution in [-0.2, 0) is 12.8 Å². The molecule has 0 saturated heterocycles. The molecule has 0 amide bonds. The van der Waals surface area contributed by atoms with Gasteiger partial charge in [-0.2, -0.15) is 0 Å². The maximum atomic E-state index is 5.27. The first-order valence-corrected chi connectivity index (χ1v) is 5.44. The first kappa shape index (κ1) is 9.64. The highest BCUT2D eigenvalue weighted by atomic mass is 127. The number of hydrogen-bond donors (Lipinski definition) is 0. The van der Waals surface area contributed by atoms with E-state index in [1.807, 2.05) is 40.8 Å². The van der Waals surface area contributed by atoms with Gasteiger partial charge in [0.05, 0.1) is 0 Å². The van der Waals surface area contributed by atoms with Crippen LogP contribution in [-0.4, -0.2) is 10.2 Å². The molecule has 14 heavy (non-hydrogen) atoms. The molecular formula is C10H9IN2O. The lowest BCUT2D eigenvalue weighted by molar-refractivity contribution is 0.468. The quantitative estimate of drug-likeness (QED) is 0.817. The van der Waals surface area contributed by atoms with E-state index in [2.05, 4.69) is 22.3 Å². The summed E-state index contributed by atoms with van der Waals surface area (Å²) in [6, 6.07) is 10.3. The predicted molar refractivity (Wildman–Crippen MR) is 60.9 cm³/mol. The summed E-state index contributed by atoms with van der Waals surface area (Å²) in [7, 11) is 0. The predicted octanol–water partition coefficient (Wildman–Crippen LogP) is 2.46. The van der Waals surface area contributed by atoms with E-state index < -0.39 is 0 Å². The molecule has 4 heteroatoms. The van der Waals surface area contributed by atoms with Crippen LogP contribution < -0.4 is 0 Å². The van der Waals surface area contributed by atoms with Crippen LogP contribution in [0.2, 0.25) is 0 Å². The molecule has 0 aliphatic carbocycles. The van der Waals surface area contributed by atoms with Crippen molar-refractivity contribution < 1.29 is 4.42 Å². The monoisotopic (exact) mass is 300 g/mol. The van der Waals surface area contributed by atoms with Gasteiger partial charge < -0.3 is 4.42 Å². The SMILES string of the molecule is Ic1nnc(CCc2ccccc2)o1. The fourth-order valence-electron chi connectivity index (χ4n) is 1.23. The van der Waals surface area contributed by atoms with Gasteiger partial charge in [-0.25, -0.2) is 0 Å². The molecule has 0 unspecified atom stereocenters. The lowest BCUT2D eigenvalue weighted by atomic mass is 10.1. The van der Waals surface area contributed by atoms with E-state index in [9.17, 15) is 0 Å². The minimum atomic E-state index is 0.602. The zero-order valence-corrected chi connectivity index (χ0v) is 9.64. The van der Waals surface area contributed by atoms with Crippen molar-refractivity contribution >= 4 is 22.6 Å². The van der Waals surface area contributed by atoms with Crippen LogP contribution >= 0.6 is 22.6 Å². The molecule has 1 aromatic carbocycles. The molecule has 0 radical (unpaired) electrons. The average molecular weight is 300 g/mol. The van der Waals surface area contributed by atoms with Crippen LogP contribution in [0.1, 0.15) is 11.5 Å². The third-order valence-corrected chi connectivity index (χ3v) is 2.35. The molecule has 72 valence electrons. The summed E-state index contributed by atoms with van der Waals surface area (Å²) in [5.74, 6) is 0.707. The third kappa shape index (κ3) is 2.54. The normalized spacial score (nSPS) is 10.4. The first-order valence-electron chi connectivity index (χ1n) is 4.36. The van der Waals surface area contributed by atoms with Gasteiger partial charge in [-0.3, -0.25) is 0 Å². The van der Waals surface area contributed by atoms with Crippen LogP contribution in [0.4, 0.5) is 0 Å². The van der Waals surface area contributed by atoms with Crippen molar-refractivity contribution in [3.8, 4) is 0 Å². The lowest BCUT2D eigenvalue weighted by Crippen LogP contribution is -1.90. The molecular weight excluding hydrogens is 291 g/mol. The van der Waals surface area contributed by atoms with Gasteiger partial charge in [-0.1, -0.05) is 30.3 Å². The Balaban J connectivity index is 1.95. The molecule has 1 aromatic heterocycles. The Labute approximate surface area is 95.7 Å². The number of aryl methyl sites for hydroxylation is 2.